The number of nitrogens with one attached hydrogen (secondary N) is 2. The van der Waals surface area contributed by atoms with E-state index in [-0.39, 0.29) is 28.1 Å². The quantitative estimate of drug-likeness (QED) is 0.333. The van der Waals surface area contributed by atoms with Crippen LogP contribution in [0.5, 0.6) is 0 Å². The molecule has 2 heterocycles. The number of fused-ring (bicyclic) bond motifs is 3. The Hall–Kier alpha value is -3.76. The lowest BCUT2D eigenvalue weighted by atomic mass is 9.94. The Kier molecular flexibility index (Phi) is 6.01. The number of alkyl halides is 3. The molecule has 0 atom stereocenters. The van der Waals surface area contributed by atoms with Gasteiger partial charge in [0, 0.05) is 28.1 Å². The van der Waals surface area contributed by atoms with Gasteiger partial charge in [0.25, 0.3) is 11.8 Å². The highest BCUT2D eigenvalue weighted by Gasteiger charge is 2.41. The highest BCUT2D eigenvalue weighted by Crippen LogP contribution is 2.42. The average molecular weight is 535 g/mol. The molecule has 7 nitrogen and oxygen atoms in total. The molecular formula is C24H15Cl2F3N4O3. The number of halogens is 5. The van der Waals surface area contributed by atoms with Crippen molar-refractivity contribution >= 4 is 35.0 Å². The summed E-state index contributed by atoms with van der Waals surface area (Å²) in [4.78, 5) is 24.8. The Labute approximate surface area is 211 Å². The molecule has 1 aliphatic carbocycles. The van der Waals surface area contributed by atoms with Crippen LogP contribution in [-0.4, -0.2) is 21.6 Å². The van der Waals surface area contributed by atoms with Crippen LogP contribution in [-0.2, 0) is 19.0 Å². The van der Waals surface area contributed by atoms with Gasteiger partial charge in [-0.3, -0.25) is 20.4 Å². The van der Waals surface area contributed by atoms with Gasteiger partial charge in [-0.1, -0.05) is 23.2 Å². The summed E-state index contributed by atoms with van der Waals surface area (Å²) in [7, 11) is 0. The topological polar surface area (TPSA) is 89.2 Å². The molecule has 2 N–H and O–H groups in total. The van der Waals surface area contributed by atoms with Crippen molar-refractivity contribution in [2.24, 2.45) is 0 Å². The smallest absolute Gasteiger partial charge is 0.435 e. The predicted octanol–water partition coefficient (Wildman–Crippen LogP) is 5.63. The van der Waals surface area contributed by atoms with Crippen LogP contribution in [0.15, 0.2) is 59.2 Å². The number of carbonyl (C=O) groups excluding carboxylic acids is 2. The fourth-order valence-electron chi connectivity index (χ4n) is 4.04. The molecule has 184 valence electrons. The zero-order valence-electron chi connectivity index (χ0n) is 18.1. The molecule has 2 amide bonds. The molecule has 0 bridgehead atoms. The Morgan fingerprint density at radius 2 is 1.69 bits per heavy atom. The van der Waals surface area contributed by atoms with Crippen molar-refractivity contribution in [3.8, 4) is 16.9 Å². The van der Waals surface area contributed by atoms with E-state index < -0.39 is 23.7 Å². The maximum absolute atomic E-state index is 13.7. The Balaban J connectivity index is 1.38. The summed E-state index contributed by atoms with van der Waals surface area (Å²) in [5.41, 5.74) is 5.11. The van der Waals surface area contributed by atoms with E-state index in [1.54, 1.807) is 6.07 Å². The first-order valence-corrected chi connectivity index (χ1v) is 11.3. The van der Waals surface area contributed by atoms with Crippen LogP contribution < -0.4 is 10.9 Å². The van der Waals surface area contributed by atoms with E-state index in [1.165, 1.54) is 53.4 Å². The van der Waals surface area contributed by atoms with E-state index in [9.17, 15) is 22.8 Å². The standard InChI is InChI=1S/C24H15Cl2F3N4O3/c25-13-3-6-15(18(26)11-13)23(35)31-30-22(34)12-1-4-14(5-2-12)33-20-16-9-10-36-19(16)8-7-17(20)21(32-33)24(27,28)29/h1-6,9-11H,7-8H2,(H,30,34)(H,31,35). The molecule has 5 rings (SSSR count). The normalized spacial score (nSPS) is 12.6. The van der Waals surface area contributed by atoms with Gasteiger partial charge in [0.2, 0.25) is 0 Å². The lowest BCUT2D eigenvalue weighted by Gasteiger charge is -2.15. The molecule has 0 fully saturated rings. The summed E-state index contributed by atoms with van der Waals surface area (Å²) in [6.45, 7) is 0. The molecule has 12 heteroatoms. The number of furan rings is 1. The molecule has 2 aromatic carbocycles. The van der Waals surface area contributed by atoms with Crippen LogP contribution in [0, 0.1) is 0 Å². The summed E-state index contributed by atoms with van der Waals surface area (Å²) < 4.78 is 47.7. The molecule has 0 saturated carbocycles. The maximum atomic E-state index is 13.7. The fraction of sp³-hybridized carbons (Fsp3) is 0.125. The average Bonchev–Trinajstić information content (AvgIpc) is 3.47. The lowest BCUT2D eigenvalue weighted by Crippen LogP contribution is -2.41. The van der Waals surface area contributed by atoms with E-state index in [0.717, 1.165) is 0 Å². The minimum atomic E-state index is -4.62. The highest BCUT2D eigenvalue weighted by molar-refractivity contribution is 6.36. The number of aromatic nitrogens is 2. The number of rotatable bonds is 3. The van der Waals surface area contributed by atoms with E-state index in [1.807, 2.05) is 0 Å². The molecule has 0 radical (unpaired) electrons. The number of hydrogen-bond acceptors (Lipinski definition) is 4. The summed E-state index contributed by atoms with van der Waals surface area (Å²) in [5.74, 6) is -0.708. The summed E-state index contributed by atoms with van der Waals surface area (Å²) in [6.07, 6.45) is -2.70. The number of carbonyl (C=O) groups is 2. The second kappa shape index (κ2) is 9.03. The van der Waals surface area contributed by atoms with Gasteiger partial charge in [0.05, 0.1) is 28.2 Å². The van der Waals surface area contributed by atoms with Crippen LogP contribution in [0.2, 0.25) is 10.0 Å². The molecule has 0 saturated heterocycles. The van der Waals surface area contributed by atoms with Gasteiger partial charge in [-0.15, -0.1) is 0 Å². The lowest BCUT2D eigenvalue weighted by molar-refractivity contribution is -0.142. The third-order valence-corrected chi connectivity index (χ3v) is 6.24. The van der Waals surface area contributed by atoms with Crippen LogP contribution >= 0.6 is 23.2 Å². The van der Waals surface area contributed by atoms with E-state index >= 15 is 0 Å². The summed E-state index contributed by atoms with van der Waals surface area (Å²) in [5, 5.41) is 4.33. The third-order valence-electron chi connectivity index (χ3n) is 5.69. The van der Waals surface area contributed by atoms with Gasteiger partial charge in [-0.05, 0) is 55.0 Å². The molecule has 4 aromatic rings. The minimum Gasteiger partial charge on any atom is -0.469 e. The van der Waals surface area contributed by atoms with E-state index in [2.05, 4.69) is 16.0 Å². The predicted molar refractivity (Wildman–Crippen MR) is 125 cm³/mol. The second-order valence-electron chi connectivity index (χ2n) is 7.92. The Morgan fingerprint density at radius 3 is 2.39 bits per heavy atom. The van der Waals surface area contributed by atoms with Crippen molar-refractivity contribution in [3.05, 3.63) is 93.0 Å². The van der Waals surface area contributed by atoms with E-state index in [4.69, 9.17) is 27.6 Å². The SMILES string of the molecule is O=C(NNC(=O)c1ccc(Cl)cc1Cl)c1ccc(-n2nc(C(F)(F)F)c3c2-c2ccoc2CC3)cc1. The van der Waals surface area contributed by atoms with Crippen LogP contribution in [0.25, 0.3) is 16.9 Å². The molecule has 1 aliphatic rings. The van der Waals surface area contributed by atoms with Gasteiger partial charge in [-0.25, -0.2) is 4.68 Å². The molecule has 36 heavy (non-hydrogen) atoms. The number of benzene rings is 2. The molecule has 0 spiro atoms. The van der Waals surface area contributed by atoms with Crippen LogP contribution in [0.1, 0.15) is 37.7 Å². The van der Waals surface area contributed by atoms with Gasteiger partial charge in [-0.2, -0.15) is 18.3 Å². The summed E-state index contributed by atoms with van der Waals surface area (Å²) >= 11 is 11.8. The number of hydrazine groups is 1. The van der Waals surface area contributed by atoms with Crippen LogP contribution in [0.4, 0.5) is 13.2 Å². The Morgan fingerprint density at radius 1 is 0.972 bits per heavy atom. The van der Waals surface area contributed by atoms with E-state index in [0.29, 0.717) is 34.1 Å². The highest BCUT2D eigenvalue weighted by atomic mass is 35.5. The first kappa shape index (κ1) is 24.0. The van der Waals surface area contributed by atoms with Gasteiger partial charge in [0.1, 0.15) is 5.76 Å². The number of amides is 2. The van der Waals surface area contributed by atoms with Crippen molar-refractivity contribution in [1.29, 1.82) is 0 Å². The number of nitrogens with zero attached hydrogens (tertiary/aromatic N) is 2. The van der Waals surface area contributed by atoms with Gasteiger partial charge >= 0.3 is 6.18 Å². The maximum Gasteiger partial charge on any atom is 0.435 e. The molecule has 0 aliphatic heterocycles. The first-order chi connectivity index (χ1) is 17.1. The van der Waals surface area contributed by atoms with Crippen LogP contribution in [0.3, 0.4) is 0 Å². The monoisotopic (exact) mass is 534 g/mol. The Bertz CT molecular complexity index is 1490. The first-order valence-electron chi connectivity index (χ1n) is 10.6. The largest absolute Gasteiger partial charge is 0.469 e. The van der Waals surface area contributed by atoms with Gasteiger partial charge < -0.3 is 4.42 Å². The van der Waals surface area contributed by atoms with Gasteiger partial charge in [0.15, 0.2) is 5.69 Å². The fourth-order valence-corrected chi connectivity index (χ4v) is 4.54. The molecule has 0 unspecified atom stereocenters. The number of aryl methyl sites for hydroxylation is 1. The van der Waals surface area contributed by atoms with Crippen molar-refractivity contribution < 1.29 is 27.2 Å². The van der Waals surface area contributed by atoms with Crippen molar-refractivity contribution in [1.82, 2.24) is 20.6 Å². The zero-order valence-corrected chi connectivity index (χ0v) is 19.6. The van der Waals surface area contributed by atoms with Crippen molar-refractivity contribution in [2.75, 3.05) is 0 Å². The van der Waals surface area contributed by atoms with Crippen molar-refractivity contribution in [3.63, 3.8) is 0 Å². The molecular weight excluding hydrogens is 520 g/mol. The zero-order chi connectivity index (χ0) is 25.6. The van der Waals surface area contributed by atoms with Crippen molar-refractivity contribution in [2.45, 2.75) is 19.0 Å². The number of hydrogen-bond donors (Lipinski definition) is 2. The summed E-state index contributed by atoms with van der Waals surface area (Å²) in [6, 6.07) is 11.6. The molecule has 2 aromatic heterocycles. The minimum absolute atomic E-state index is 0.0989. The third kappa shape index (κ3) is 4.33. The second-order valence-corrected chi connectivity index (χ2v) is 8.77.